The zero-order valence-corrected chi connectivity index (χ0v) is 62.4. The Labute approximate surface area is 572 Å². The molecule has 8 saturated heterocycles. The monoisotopic (exact) mass is 1370 g/mol. The number of carbonyl (C=O) groups is 3. The molecular formula is C71H126N2O23. The van der Waals surface area contributed by atoms with Crippen LogP contribution in [0, 0.1) is 47.3 Å². The van der Waals surface area contributed by atoms with E-state index in [0.29, 0.717) is 25.7 Å². The molecule has 8 heterocycles. The second kappa shape index (κ2) is 31.8. The van der Waals surface area contributed by atoms with E-state index in [2.05, 4.69) is 13.8 Å². The maximum absolute atomic E-state index is 14.3. The standard InChI is InChI=1S/C37H67NO12.C34H59NO11/c1-14-25(39)37(10,43)32-20(4)28-18(2)16-36(9,50-28)31(49-34-27(40)24(38(11)12)15-19(3)45-34)21(5)29(22(6)33(42)48-32)47-26-17-35(8,44-13)30(41)23(7)46-26;1-16-14-34(9)30(45-32-25(37)23(35(10)11)13-17(2)41-32)19(4)27(43-24-15-33(8,40-12)29(38)22(7)42-24)20(5)31(39)44-28(21(6)36)18(3)26(16)46-34/h18-32,34,39-41,43H,14-17H2,1-13H3;16-20,22-30,32,37-38H,13-15H2,1-12H3/t18?,19?,20-,21-,22+,23?,24?,25+,26-,27?,28?,29-,30-,31?,32+,34-,35?,36+,37+;16?,17?,18-,19-,20+,22?,23?,24-,25?,26?,27-,28+,29-,30+,32-,33?,34-/m00/s1. The van der Waals surface area contributed by atoms with Crippen LogP contribution in [0.2, 0.25) is 0 Å². The SMILES string of the molecule is CC[C@@H](O)[C@@](C)(O)[C@@H]1OC(=O)[C@H](C)[C@@H](O[C@H]2CC(C)(OC)[C@@H](O)C(C)O2)[C@H](C)C(O[C@@H]2OC(C)CC(N(C)C)C2O)[C@@]2(C)CC(C)C(O2)[C@@H]1C.COC1(C)C[C@H](O[C@H]2[C@H](C)[C@@H](O[C@@H]3OC(C)CC(N(C)C)C3O)[C@]3(C)CC(C)C(O3)[C@H](C)[C@H](C(C)=O)OC(=O)[C@@H]2C)OC(C)[C@@H]1O. The summed E-state index contributed by atoms with van der Waals surface area (Å²) in [5, 5.41) is 67.5. The Morgan fingerprint density at radius 2 is 0.958 bits per heavy atom. The van der Waals surface area contributed by atoms with Crippen LogP contribution in [0.3, 0.4) is 0 Å². The fourth-order valence-corrected chi connectivity index (χ4v) is 17.6. The number of esters is 2. The smallest absolute Gasteiger partial charge is 0.312 e. The average Bonchev–Trinajstić information content (AvgIpc) is 1.57. The predicted octanol–water partition coefficient (Wildman–Crippen LogP) is 5.31. The van der Waals surface area contributed by atoms with Crippen molar-refractivity contribution in [3.05, 3.63) is 0 Å². The minimum absolute atomic E-state index is 0.00661. The number of aliphatic hydroxyl groups excluding tert-OH is 5. The number of methoxy groups -OCH3 is 2. The highest BCUT2D eigenvalue weighted by Gasteiger charge is 2.61. The molecule has 558 valence electrons. The van der Waals surface area contributed by atoms with Gasteiger partial charge in [-0.3, -0.25) is 14.4 Å². The summed E-state index contributed by atoms with van der Waals surface area (Å²) in [7, 11) is 10.7. The molecule has 6 N–H and O–H groups in total. The van der Waals surface area contributed by atoms with Gasteiger partial charge >= 0.3 is 11.9 Å². The first kappa shape index (κ1) is 81.1. The van der Waals surface area contributed by atoms with Crippen LogP contribution in [0.5, 0.6) is 0 Å². The molecule has 0 spiro atoms. The molecular weight excluding hydrogens is 1250 g/mol. The second-order valence-corrected chi connectivity index (χ2v) is 32.0. The first-order valence-corrected chi connectivity index (χ1v) is 35.5. The molecule has 25 heteroatoms. The molecule has 0 aliphatic carbocycles. The number of hydrogen-bond donors (Lipinski definition) is 6. The summed E-state index contributed by atoms with van der Waals surface area (Å²) in [5.41, 5.74) is -5.57. The molecule has 8 aliphatic heterocycles. The lowest BCUT2D eigenvalue weighted by molar-refractivity contribution is -0.318. The molecule has 0 radical (unpaired) electrons. The van der Waals surface area contributed by atoms with E-state index in [-0.39, 0.29) is 61.2 Å². The van der Waals surface area contributed by atoms with Crippen molar-refractivity contribution in [2.45, 2.75) is 346 Å². The van der Waals surface area contributed by atoms with Gasteiger partial charge in [-0.05, 0) is 155 Å². The van der Waals surface area contributed by atoms with Gasteiger partial charge in [0.15, 0.2) is 37.0 Å². The molecule has 8 rings (SSSR count). The number of hydrogen-bond acceptors (Lipinski definition) is 25. The van der Waals surface area contributed by atoms with E-state index in [4.69, 9.17) is 66.3 Å². The van der Waals surface area contributed by atoms with Crippen molar-refractivity contribution in [2.75, 3.05) is 42.4 Å². The van der Waals surface area contributed by atoms with Gasteiger partial charge in [-0.25, -0.2) is 0 Å². The van der Waals surface area contributed by atoms with Gasteiger partial charge in [0, 0.05) is 62.8 Å². The lowest BCUT2D eigenvalue weighted by atomic mass is 9.76. The molecule has 36 atom stereocenters. The first-order valence-electron chi connectivity index (χ1n) is 35.5. The van der Waals surface area contributed by atoms with E-state index < -0.39 is 192 Å². The fraction of sp³-hybridized carbons (Fsp3) is 0.958. The van der Waals surface area contributed by atoms with Crippen LogP contribution in [0.15, 0.2) is 0 Å². The summed E-state index contributed by atoms with van der Waals surface area (Å²) >= 11 is 0. The Bertz CT molecular complexity index is 2550. The van der Waals surface area contributed by atoms with Gasteiger partial charge < -0.3 is 107 Å². The lowest BCUT2D eigenvalue weighted by Crippen LogP contribution is -2.60. The fourth-order valence-electron chi connectivity index (χ4n) is 17.6. The first-order chi connectivity index (χ1) is 44.4. The molecule has 8 aliphatic rings. The third kappa shape index (κ3) is 16.9. The van der Waals surface area contributed by atoms with E-state index in [0.717, 1.165) is 0 Å². The maximum atomic E-state index is 14.3. The molecule has 0 amide bonds. The van der Waals surface area contributed by atoms with Gasteiger partial charge in [0.25, 0.3) is 0 Å². The molecule has 0 aromatic carbocycles. The Balaban J connectivity index is 0.000000272. The van der Waals surface area contributed by atoms with Gasteiger partial charge in [0.1, 0.15) is 36.1 Å². The van der Waals surface area contributed by atoms with Crippen LogP contribution >= 0.6 is 0 Å². The summed E-state index contributed by atoms with van der Waals surface area (Å²) in [6.07, 6.45) is -13.3. The molecule has 96 heavy (non-hydrogen) atoms. The minimum atomic E-state index is -1.78. The quantitative estimate of drug-likeness (QED) is 0.107. The number of Topliss-reactive ketones (excluding diaryl/α,β-unsaturated/α-hetero) is 1. The topological polar surface area (TPSA) is 308 Å². The summed E-state index contributed by atoms with van der Waals surface area (Å²) < 4.78 is 89.5. The number of ether oxygens (including phenoxy) is 14. The van der Waals surface area contributed by atoms with Gasteiger partial charge in [0.05, 0.1) is 101 Å². The van der Waals surface area contributed by atoms with Crippen LogP contribution in [-0.2, 0) is 80.7 Å². The normalized spacial score (nSPS) is 50.1. The van der Waals surface area contributed by atoms with E-state index in [1.165, 1.54) is 28.1 Å². The zero-order chi connectivity index (χ0) is 72.1. The number of nitrogens with zero attached hydrogens (tertiary/aromatic N) is 2. The summed E-state index contributed by atoms with van der Waals surface area (Å²) in [5.74, 6) is -5.29. The van der Waals surface area contributed by atoms with Crippen LogP contribution in [0.4, 0.5) is 0 Å². The largest absolute Gasteiger partial charge is 0.459 e. The summed E-state index contributed by atoms with van der Waals surface area (Å²) in [6.45, 7) is 34.9. The van der Waals surface area contributed by atoms with Gasteiger partial charge in [0.2, 0.25) is 0 Å². The number of fused-ring (bicyclic) bond motifs is 4. The number of cyclic esters (lactones) is 2. The van der Waals surface area contributed by atoms with Crippen LogP contribution in [-0.4, -0.2) is 270 Å². The number of rotatable bonds is 16. The van der Waals surface area contributed by atoms with E-state index in [9.17, 15) is 45.0 Å². The lowest BCUT2D eigenvalue weighted by Gasteiger charge is -2.48. The minimum Gasteiger partial charge on any atom is -0.459 e. The molecule has 8 fully saturated rings. The zero-order valence-electron chi connectivity index (χ0n) is 62.4. The van der Waals surface area contributed by atoms with Crippen LogP contribution in [0.1, 0.15) is 176 Å². The van der Waals surface area contributed by atoms with Crippen LogP contribution < -0.4 is 0 Å². The molecule has 0 saturated carbocycles. The number of aliphatic hydroxyl groups is 6. The third-order valence-corrected chi connectivity index (χ3v) is 23.5. The van der Waals surface area contributed by atoms with Gasteiger partial charge in [-0.15, -0.1) is 0 Å². The molecule has 0 aromatic heterocycles. The van der Waals surface area contributed by atoms with Crippen molar-refractivity contribution in [3.8, 4) is 0 Å². The van der Waals surface area contributed by atoms with E-state index in [1.807, 2.05) is 93.4 Å². The maximum Gasteiger partial charge on any atom is 0.312 e. The second-order valence-electron chi connectivity index (χ2n) is 32.0. The van der Waals surface area contributed by atoms with E-state index in [1.54, 1.807) is 48.5 Å². The van der Waals surface area contributed by atoms with Crippen molar-refractivity contribution >= 4 is 17.7 Å². The van der Waals surface area contributed by atoms with Gasteiger partial charge in [-0.1, -0.05) is 48.5 Å². The molecule has 0 aromatic rings. The predicted molar refractivity (Wildman–Crippen MR) is 352 cm³/mol. The van der Waals surface area contributed by atoms with Crippen molar-refractivity contribution in [1.29, 1.82) is 0 Å². The Morgan fingerprint density at radius 1 is 0.583 bits per heavy atom. The van der Waals surface area contributed by atoms with Crippen molar-refractivity contribution < 1.29 is 111 Å². The highest BCUT2D eigenvalue weighted by atomic mass is 16.7. The summed E-state index contributed by atoms with van der Waals surface area (Å²) in [6, 6.07) is -0.404. The van der Waals surface area contributed by atoms with Crippen LogP contribution in [0.25, 0.3) is 0 Å². The van der Waals surface area contributed by atoms with Crippen molar-refractivity contribution in [3.63, 3.8) is 0 Å². The average molecular weight is 1380 g/mol. The molecule has 25 nitrogen and oxygen atoms in total. The third-order valence-electron chi connectivity index (χ3n) is 23.5. The van der Waals surface area contributed by atoms with E-state index >= 15 is 0 Å². The highest BCUT2D eigenvalue weighted by Crippen LogP contribution is 2.51. The van der Waals surface area contributed by atoms with Crippen molar-refractivity contribution in [1.82, 2.24) is 9.80 Å². The Kier molecular flexibility index (Phi) is 26.9. The Morgan fingerprint density at radius 3 is 1.31 bits per heavy atom. The number of likely N-dealkylation sites (N-methyl/N-ethyl adjacent to an activating group) is 2. The summed E-state index contributed by atoms with van der Waals surface area (Å²) in [4.78, 5) is 45.0. The van der Waals surface area contributed by atoms with Crippen molar-refractivity contribution in [2.24, 2.45) is 47.3 Å². The molecule has 4 bridgehead atoms. The number of carbonyl (C=O) groups excluding carboxylic acids is 3. The highest BCUT2D eigenvalue weighted by molar-refractivity contribution is 5.84. The molecule has 15 unspecified atom stereocenters. The number of ketones is 1. The Hall–Kier alpha value is -2.19. The van der Waals surface area contributed by atoms with Gasteiger partial charge in [-0.2, -0.15) is 0 Å².